The Hall–Kier alpha value is -0.740. The standard InChI is InChI=1S/C15H22BrNO2/c1-9(2)13-10(12-6-5-7-17-12)8-11(16)14(18-3)15(13)19-4/h8-9,12,17H,5-7H2,1-4H3. The first-order chi connectivity index (χ1) is 9.10. The molecule has 0 aromatic heterocycles. The molecule has 3 nitrogen and oxygen atoms in total. The van der Waals surface area contributed by atoms with Gasteiger partial charge in [0, 0.05) is 11.6 Å². The molecule has 2 rings (SSSR count). The number of hydrogen-bond donors (Lipinski definition) is 1. The highest BCUT2D eigenvalue weighted by Gasteiger charge is 2.26. The molecule has 0 radical (unpaired) electrons. The smallest absolute Gasteiger partial charge is 0.175 e. The molecule has 106 valence electrons. The summed E-state index contributed by atoms with van der Waals surface area (Å²) in [4.78, 5) is 0. The van der Waals surface area contributed by atoms with Crippen molar-refractivity contribution in [2.24, 2.45) is 0 Å². The monoisotopic (exact) mass is 327 g/mol. The lowest BCUT2D eigenvalue weighted by atomic mass is 9.90. The van der Waals surface area contributed by atoms with Gasteiger partial charge in [-0.3, -0.25) is 0 Å². The van der Waals surface area contributed by atoms with E-state index in [0.717, 1.165) is 22.5 Å². The van der Waals surface area contributed by atoms with Gasteiger partial charge in [0.25, 0.3) is 0 Å². The minimum absolute atomic E-state index is 0.398. The van der Waals surface area contributed by atoms with Gasteiger partial charge >= 0.3 is 0 Å². The average molecular weight is 328 g/mol. The molecule has 1 aliphatic heterocycles. The van der Waals surface area contributed by atoms with Crippen LogP contribution < -0.4 is 14.8 Å². The van der Waals surface area contributed by atoms with Crippen molar-refractivity contribution in [3.05, 3.63) is 21.7 Å². The van der Waals surface area contributed by atoms with Crippen molar-refractivity contribution in [3.8, 4) is 11.5 Å². The highest BCUT2D eigenvalue weighted by Crippen LogP contribution is 2.46. The highest BCUT2D eigenvalue weighted by atomic mass is 79.9. The third kappa shape index (κ3) is 2.75. The van der Waals surface area contributed by atoms with Gasteiger partial charge in [-0.15, -0.1) is 0 Å². The molecule has 1 atom stereocenters. The van der Waals surface area contributed by atoms with E-state index >= 15 is 0 Å². The van der Waals surface area contributed by atoms with E-state index in [1.165, 1.54) is 24.0 Å². The Labute approximate surface area is 123 Å². The van der Waals surface area contributed by atoms with Crippen molar-refractivity contribution in [1.29, 1.82) is 0 Å². The van der Waals surface area contributed by atoms with Crippen LogP contribution in [-0.2, 0) is 0 Å². The number of methoxy groups -OCH3 is 2. The summed E-state index contributed by atoms with van der Waals surface area (Å²) in [7, 11) is 3.39. The number of benzene rings is 1. The molecule has 0 saturated carbocycles. The van der Waals surface area contributed by atoms with Gasteiger partial charge in [-0.05, 0) is 52.9 Å². The lowest BCUT2D eigenvalue weighted by Gasteiger charge is -2.24. The lowest BCUT2D eigenvalue weighted by Crippen LogP contribution is -2.16. The fourth-order valence-corrected chi connectivity index (χ4v) is 3.46. The van der Waals surface area contributed by atoms with Gasteiger partial charge < -0.3 is 14.8 Å². The quantitative estimate of drug-likeness (QED) is 0.906. The topological polar surface area (TPSA) is 30.5 Å². The Bertz CT molecular complexity index is 454. The third-order valence-electron chi connectivity index (χ3n) is 3.68. The highest BCUT2D eigenvalue weighted by molar-refractivity contribution is 9.10. The maximum absolute atomic E-state index is 5.63. The molecule has 1 fully saturated rings. The molecule has 0 amide bonds. The van der Waals surface area contributed by atoms with Gasteiger partial charge in [0.15, 0.2) is 11.5 Å². The van der Waals surface area contributed by atoms with E-state index in [1.807, 2.05) is 0 Å². The number of hydrogen-bond acceptors (Lipinski definition) is 3. The van der Waals surface area contributed by atoms with Crippen molar-refractivity contribution >= 4 is 15.9 Å². The SMILES string of the molecule is COc1c(Br)cc(C2CCCN2)c(C(C)C)c1OC. The molecule has 4 heteroatoms. The molecule has 0 aliphatic carbocycles. The summed E-state index contributed by atoms with van der Waals surface area (Å²) in [5, 5.41) is 3.57. The van der Waals surface area contributed by atoms with Gasteiger partial charge in [-0.25, -0.2) is 0 Å². The first-order valence-electron chi connectivity index (χ1n) is 6.77. The fraction of sp³-hybridized carbons (Fsp3) is 0.600. The van der Waals surface area contributed by atoms with Crippen molar-refractivity contribution in [1.82, 2.24) is 5.32 Å². The van der Waals surface area contributed by atoms with Gasteiger partial charge in [0.05, 0.1) is 18.7 Å². The average Bonchev–Trinajstić information content (AvgIpc) is 2.90. The van der Waals surface area contributed by atoms with E-state index in [4.69, 9.17) is 9.47 Å². The molecule has 1 aromatic rings. The predicted octanol–water partition coefficient (Wildman–Crippen LogP) is 4.01. The maximum Gasteiger partial charge on any atom is 0.175 e. The van der Waals surface area contributed by atoms with Crippen LogP contribution in [0.3, 0.4) is 0 Å². The molecular weight excluding hydrogens is 306 g/mol. The molecule has 1 saturated heterocycles. The van der Waals surface area contributed by atoms with Crippen LogP contribution in [0.4, 0.5) is 0 Å². The zero-order chi connectivity index (χ0) is 14.0. The summed E-state index contributed by atoms with van der Waals surface area (Å²) in [6.45, 7) is 5.49. The van der Waals surface area contributed by atoms with Crippen molar-refractivity contribution in [2.75, 3.05) is 20.8 Å². The molecule has 1 unspecified atom stereocenters. The van der Waals surface area contributed by atoms with E-state index < -0.39 is 0 Å². The zero-order valence-electron chi connectivity index (χ0n) is 12.0. The Morgan fingerprint density at radius 3 is 2.42 bits per heavy atom. The predicted molar refractivity (Wildman–Crippen MR) is 81.3 cm³/mol. The first-order valence-corrected chi connectivity index (χ1v) is 7.57. The van der Waals surface area contributed by atoms with Crippen LogP contribution in [-0.4, -0.2) is 20.8 Å². The van der Waals surface area contributed by atoms with Gasteiger partial charge in [0.2, 0.25) is 0 Å². The Balaban J connectivity index is 2.61. The maximum atomic E-state index is 5.63. The van der Waals surface area contributed by atoms with E-state index in [0.29, 0.717) is 12.0 Å². The summed E-state index contributed by atoms with van der Waals surface area (Å²) in [5.74, 6) is 2.04. The second-order valence-electron chi connectivity index (χ2n) is 5.23. The molecule has 19 heavy (non-hydrogen) atoms. The summed E-state index contributed by atoms with van der Waals surface area (Å²) >= 11 is 3.60. The second kappa shape index (κ2) is 6.14. The Kier molecular flexibility index (Phi) is 4.74. The zero-order valence-corrected chi connectivity index (χ0v) is 13.6. The van der Waals surface area contributed by atoms with Crippen LogP contribution >= 0.6 is 15.9 Å². The minimum Gasteiger partial charge on any atom is -0.493 e. The molecule has 1 N–H and O–H groups in total. The van der Waals surface area contributed by atoms with Crippen molar-refractivity contribution in [3.63, 3.8) is 0 Å². The summed E-state index contributed by atoms with van der Waals surface area (Å²) in [5.41, 5.74) is 2.58. The van der Waals surface area contributed by atoms with Crippen LogP contribution in [0.25, 0.3) is 0 Å². The lowest BCUT2D eigenvalue weighted by molar-refractivity contribution is 0.347. The third-order valence-corrected chi connectivity index (χ3v) is 4.27. The molecule has 1 aromatic carbocycles. The van der Waals surface area contributed by atoms with Crippen LogP contribution in [0.15, 0.2) is 10.5 Å². The van der Waals surface area contributed by atoms with Crippen LogP contribution in [0.5, 0.6) is 11.5 Å². The van der Waals surface area contributed by atoms with Crippen LogP contribution in [0, 0.1) is 0 Å². The molecular formula is C15H22BrNO2. The van der Waals surface area contributed by atoms with Crippen molar-refractivity contribution < 1.29 is 9.47 Å². The Morgan fingerprint density at radius 2 is 1.95 bits per heavy atom. The minimum atomic E-state index is 0.398. The van der Waals surface area contributed by atoms with E-state index in [9.17, 15) is 0 Å². The van der Waals surface area contributed by atoms with Gasteiger partial charge in [-0.1, -0.05) is 13.8 Å². The van der Waals surface area contributed by atoms with Crippen LogP contribution in [0.1, 0.15) is 49.8 Å². The number of halogens is 1. The van der Waals surface area contributed by atoms with Crippen molar-refractivity contribution in [2.45, 2.75) is 38.6 Å². The molecule has 1 heterocycles. The summed E-state index contributed by atoms with van der Waals surface area (Å²) in [6, 6.07) is 2.60. The molecule has 0 bridgehead atoms. The second-order valence-corrected chi connectivity index (χ2v) is 6.09. The van der Waals surface area contributed by atoms with Gasteiger partial charge in [0.1, 0.15) is 0 Å². The van der Waals surface area contributed by atoms with E-state index in [2.05, 4.69) is 41.2 Å². The normalized spacial score (nSPS) is 18.9. The Morgan fingerprint density at radius 1 is 1.26 bits per heavy atom. The summed E-state index contributed by atoms with van der Waals surface area (Å²) < 4.78 is 12.1. The molecule has 0 spiro atoms. The van der Waals surface area contributed by atoms with Crippen LogP contribution in [0.2, 0.25) is 0 Å². The van der Waals surface area contributed by atoms with E-state index in [-0.39, 0.29) is 0 Å². The fourth-order valence-electron chi connectivity index (χ4n) is 2.87. The number of rotatable bonds is 4. The van der Waals surface area contributed by atoms with E-state index in [1.54, 1.807) is 14.2 Å². The summed E-state index contributed by atoms with van der Waals surface area (Å²) in [6.07, 6.45) is 2.41. The molecule has 1 aliphatic rings. The van der Waals surface area contributed by atoms with Gasteiger partial charge in [-0.2, -0.15) is 0 Å². The number of nitrogens with one attached hydrogen (secondary N) is 1. The largest absolute Gasteiger partial charge is 0.493 e. The number of ether oxygens (including phenoxy) is 2. The first kappa shape index (κ1) is 14.7.